The predicted octanol–water partition coefficient (Wildman–Crippen LogP) is 4.37. The van der Waals surface area contributed by atoms with E-state index in [4.69, 9.17) is 15.2 Å². The molecule has 2 aromatic carbocycles. The van der Waals surface area contributed by atoms with E-state index in [0.29, 0.717) is 17.4 Å². The Bertz CT molecular complexity index is 881. The molecule has 0 saturated carbocycles. The maximum atomic E-state index is 10.9. The van der Waals surface area contributed by atoms with Crippen molar-refractivity contribution in [3.05, 3.63) is 59.1 Å². The van der Waals surface area contributed by atoms with Crippen LogP contribution in [0.25, 0.3) is 10.9 Å². The summed E-state index contributed by atoms with van der Waals surface area (Å²) in [6.07, 6.45) is -0.794. The Balaban J connectivity index is 1.75. The first-order chi connectivity index (χ1) is 11.5. The van der Waals surface area contributed by atoms with Gasteiger partial charge in [-0.15, -0.1) is 0 Å². The van der Waals surface area contributed by atoms with Crippen LogP contribution in [0.1, 0.15) is 6.92 Å². The van der Waals surface area contributed by atoms with E-state index in [1.807, 2.05) is 30.3 Å². The summed E-state index contributed by atoms with van der Waals surface area (Å²) in [5, 5.41) is 1.03. The van der Waals surface area contributed by atoms with E-state index in [9.17, 15) is 4.79 Å². The average Bonchev–Trinajstić information content (AvgIpc) is 2.56. The van der Waals surface area contributed by atoms with Crippen molar-refractivity contribution in [2.75, 3.05) is 0 Å². The molecule has 0 bridgehead atoms. The fourth-order valence-electron chi connectivity index (χ4n) is 2.09. The minimum atomic E-state index is -0.794. The molecule has 6 heteroatoms. The second kappa shape index (κ2) is 6.88. The summed E-state index contributed by atoms with van der Waals surface area (Å²) in [5.74, 6) is 0.839. The first-order valence-corrected chi connectivity index (χ1v) is 8.07. The highest BCUT2D eigenvalue weighted by molar-refractivity contribution is 9.10. The van der Waals surface area contributed by atoms with Crippen LogP contribution in [-0.2, 0) is 4.79 Å². The van der Waals surface area contributed by atoms with Gasteiger partial charge in [0.25, 0.3) is 5.91 Å². The van der Waals surface area contributed by atoms with Gasteiger partial charge in [0.15, 0.2) is 6.10 Å². The lowest BCUT2D eigenvalue weighted by Gasteiger charge is -2.11. The van der Waals surface area contributed by atoms with Gasteiger partial charge in [0.1, 0.15) is 11.5 Å². The number of halogens is 1. The molecule has 1 aromatic heterocycles. The van der Waals surface area contributed by atoms with Gasteiger partial charge in [-0.3, -0.25) is 10.5 Å². The number of fused-ring (bicyclic) bond motifs is 1. The normalized spacial score (nSPS) is 11.9. The van der Waals surface area contributed by atoms with Crippen molar-refractivity contribution in [3.63, 3.8) is 0 Å². The molecule has 0 aliphatic carbocycles. The second-order valence-corrected chi connectivity index (χ2v) is 6.10. The van der Waals surface area contributed by atoms with E-state index in [2.05, 4.69) is 20.9 Å². The zero-order valence-corrected chi connectivity index (χ0v) is 14.4. The van der Waals surface area contributed by atoms with E-state index in [-0.39, 0.29) is 0 Å². The molecule has 0 saturated heterocycles. The first-order valence-electron chi connectivity index (χ1n) is 7.27. The predicted molar refractivity (Wildman–Crippen MR) is 94.2 cm³/mol. The van der Waals surface area contributed by atoms with Gasteiger partial charge in [0.05, 0.1) is 5.52 Å². The Kier molecular flexibility index (Phi) is 4.66. The minimum absolute atomic E-state index is 0.490. The fourth-order valence-corrected chi connectivity index (χ4v) is 2.44. The van der Waals surface area contributed by atoms with Crippen LogP contribution in [0.2, 0.25) is 0 Å². The number of hydrogen-bond acceptors (Lipinski definition) is 4. The standard InChI is InChI=1S/C18H14BrN2O3/c1-11(18(20)22)23-14-5-7-15(8-6-14)24-17-9-3-12-2-4-13(19)10-16(12)21-17/h2-11,20H,1H3/t11-/m1/s1. The lowest BCUT2D eigenvalue weighted by Crippen LogP contribution is -2.24. The van der Waals surface area contributed by atoms with Gasteiger partial charge in [-0.2, -0.15) is 0 Å². The summed E-state index contributed by atoms with van der Waals surface area (Å²) >= 11 is 3.43. The van der Waals surface area contributed by atoms with Crippen LogP contribution < -0.4 is 15.2 Å². The van der Waals surface area contributed by atoms with Gasteiger partial charge < -0.3 is 9.47 Å². The molecule has 121 valence electrons. The van der Waals surface area contributed by atoms with Crippen molar-refractivity contribution in [3.8, 4) is 17.4 Å². The van der Waals surface area contributed by atoms with Crippen LogP contribution in [0.4, 0.5) is 0 Å². The number of rotatable bonds is 5. The van der Waals surface area contributed by atoms with Crippen molar-refractivity contribution in [2.45, 2.75) is 13.0 Å². The molecule has 0 fully saturated rings. The van der Waals surface area contributed by atoms with Gasteiger partial charge in [-0.25, -0.2) is 4.98 Å². The molecule has 5 nitrogen and oxygen atoms in total. The number of carbonyl (C=O) groups is 1. The SMILES string of the molecule is C[C@@H](Oc1ccc(Oc2ccc3ccc(Br)cc3n2)cc1)C([NH])=O. The van der Waals surface area contributed by atoms with Crippen LogP contribution >= 0.6 is 15.9 Å². The van der Waals surface area contributed by atoms with E-state index in [0.717, 1.165) is 15.4 Å². The first kappa shape index (κ1) is 16.3. The average molecular weight is 386 g/mol. The lowest BCUT2D eigenvalue weighted by molar-refractivity contribution is -0.124. The molecule has 0 aliphatic rings. The van der Waals surface area contributed by atoms with Crippen LogP contribution in [0, 0.1) is 0 Å². The number of nitrogens with one attached hydrogen (secondary N) is 1. The van der Waals surface area contributed by atoms with Crippen LogP contribution in [-0.4, -0.2) is 17.0 Å². The third-order valence-electron chi connectivity index (χ3n) is 3.36. The van der Waals surface area contributed by atoms with E-state index >= 15 is 0 Å². The number of benzene rings is 2. The molecule has 1 heterocycles. The van der Waals surface area contributed by atoms with Crippen LogP contribution in [0.3, 0.4) is 0 Å². The zero-order chi connectivity index (χ0) is 17.1. The number of hydrogen-bond donors (Lipinski definition) is 0. The summed E-state index contributed by atoms with van der Waals surface area (Å²) in [6, 6.07) is 16.5. The zero-order valence-electron chi connectivity index (χ0n) is 12.8. The highest BCUT2D eigenvalue weighted by atomic mass is 79.9. The fraction of sp³-hybridized carbons (Fsp3) is 0.111. The molecule has 1 radical (unpaired) electrons. The number of ether oxygens (including phenoxy) is 2. The molecule has 1 amide bonds. The Morgan fingerprint density at radius 1 is 1.08 bits per heavy atom. The molecular weight excluding hydrogens is 372 g/mol. The van der Waals surface area contributed by atoms with Gasteiger partial charge in [-0.1, -0.05) is 22.0 Å². The molecule has 1 N–H and O–H groups in total. The molecular formula is C18H14BrN2O3. The molecule has 3 aromatic rings. The molecule has 24 heavy (non-hydrogen) atoms. The molecule has 1 atom stereocenters. The topological polar surface area (TPSA) is 72.2 Å². The van der Waals surface area contributed by atoms with Crippen molar-refractivity contribution in [2.24, 2.45) is 0 Å². The monoisotopic (exact) mass is 385 g/mol. The third-order valence-corrected chi connectivity index (χ3v) is 3.85. The lowest BCUT2D eigenvalue weighted by atomic mass is 10.2. The van der Waals surface area contributed by atoms with Crippen LogP contribution in [0.15, 0.2) is 59.1 Å². The highest BCUT2D eigenvalue weighted by Crippen LogP contribution is 2.26. The third kappa shape index (κ3) is 3.83. The molecule has 0 unspecified atom stereocenters. The van der Waals surface area contributed by atoms with Gasteiger partial charge in [0, 0.05) is 15.9 Å². The number of aromatic nitrogens is 1. The van der Waals surface area contributed by atoms with E-state index in [1.165, 1.54) is 6.92 Å². The number of nitrogens with zero attached hydrogens (tertiary/aromatic N) is 1. The number of carbonyl (C=O) groups excluding carboxylic acids is 1. The summed E-state index contributed by atoms with van der Waals surface area (Å²) in [7, 11) is 0. The van der Waals surface area contributed by atoms with Gasteiger partial charge in [-0.05, 0) is 49.4 Å². The van der Waals surface area contributed by atoms with E-state index in [1.54, 1.807) is 24.3 Å². The molecule has 0 spiro atoms. The highest BCUT2D eigenvalue weighted by Gasteiger charge is 2.11. The Morgan fingerprint density at radius 2 is 1.75 bits per heavy atom. The molecule has 3 rings (SSSR count). The Labute approximate surface area is 147 Å². The maximum absolute atomic E-state index is 10.9. The summed E-state index contributed by atoms with van der Waals surface area (Å²) in [6.45, 7) is 1.54. The minimum Gasteiger partial charge on any atom is -0.481 e. The number of amides is 1. The smallest absolute Gasteiger partial charge is 0.279 e. The summed E-state index contributed by atoms with van der Waals surface area (Å²) in [4.78, 5) is 15.4. The second-order valence-electron chi connectivity index (χ2n) is 5.18. The van der Waals surface area contributed by atoms with Gasteiger partial charge >= 0.3 is 0 Å². The van der Waals surface area contributed by atoms with Crippen molar-refractivity contribution < 1.29 is 14.3 Å². The van der Waals surface area contributed by atoms with Crippen molar-refractivity contribution in [1.82, 2.24) is 10.7 Å². The summed E-state index contributed by atoms with van der Waals surface area (Å²) < 4.78 is 12.0. The quantitative estimate of drug-likeness (QED) is 0.653. The van der Waals surface area contributed by atoms with E-state index < -0.39 is 12.0 Å². The van der Waals surface area contributed by atoms with Gasteiger partial charge in [0.2, 0.25) is 5.88 Å². The summed E-state index contributed by atoms with van der Waals surface area (Å²) in [5.41, 5.74) is 7.84. The number of pyridine rings is 1. The largest absolute Gasteiger partial charge is 0.481 e. The van der Waals surface area contributed by atoms with Crippen molar-refractivity contribution >= 4 is 32.7 Å². The van der Waals surface area contributed by atoms with Crippen molar-refractivity contribution in [1.29, 1.82) is 0 Å². The Hall–Kier alpha value is -2.60. The maximum Gasteiger partial charge on any atom is 0.279 e. The van der Waals surface area contributed by atoms with Crippen LogP contribution in [0.5, 0.6) is 17.4 Å². The Morgan fingerprint density at radius 3 is 2.46 bits per heavy atom. The molecule has 0 aliphatic heterocycles.